The Hall–Kier alpha value is -1.55. The Kier molecular flexibility index (Phi) is 2.55. The van der Waals surface area contributed by atoms with Crippen molar-refractivity contribution in [2.45, 2.75) is 26.1 Å². The summed E-state index contributed by atoms with van der Waals surface area (Å²) in [5.41, 5.74) is 1.55. The van der Waals surface area contributed by atoms with Crippen molar-refractivity contribution in [3.8, 4) is 5.75 Å². The van der Waals surface area contributed by atoms with Gasteiger partial charge in [0.25, 0.3) is 0 Å². The number of ether oxygens (including phenoxy) is 2. The van der Waals surface area contributed by atoms with Crippen molar-refractivity contribution in [3.05, 3.63) is 29.8 Å². The standard InChI is InChI=1S/C14H17NO3/c1-9(2)8-17-14-7-11(14)13(15-16)10-5-3-4-6-12(10)18-14/h3-6,9,11,16H,7-8H2,1-2H3. The Bertz CT molecular complexity index is 498. The second kappa shape index (κ2) is 3.99. The van der Waals surface area contributed by atoms with Crippen LogP contribution in [0.4, 0.5) is 0 Å². The molecule has 4 heteroatoms. The van der Waals surface area contributed by atoms with Crippen LogP contribution in [0.15, 0.2) is 29.4 Å². The average Bonchev–Trinajstić information content (AvgIpc) is 3.07. The van der Waals surface area contributed by atoms with Gasteiger partial charge in [-0.15, -0.1) is 0 Å². The molecule has 0 radical (unpaired) electrons. The summed E-state index contributed by atoms with van der Waals surface area (Å²) in [4.78, 5) is 0. The van der Waals surface area contributed by atoms with E-state index in [-0.39, 0.29) is 5.92 Å². The zero-order valence-electron chi connectivity index (χ0n) is 10.6. The van der Waals surface area contributed by atoms with Crippen molar-refractivity contribution in [2.24, 2.45) is 17.0 Å². The number of fused-ring (bicyclic) bond motifs is 2. The molecule has 1 aliphatic carbocycles. The van der Waals surface area contributed by atoms with Gasteiger partial charge in [0.05, 0.1) is 12.5 Å². The van der Waals surface area contributed by atoms with Crippen LogP contribution >= 0.6 is 0 Å². The minimum Gasteiger partial charge on any atom is -0.461 e. The second-order valence-corrected chi connectivity index (χ2v) is 5.36. The minimum atomic E-state index is -0.597. The van der Waals surface area contributed by atoms with Gasteiger partial charge in [-0.3, -0.25) is 0 Å². The van der Waals surface area contributed by atoms with Crippen LogP contribution in [-0.4, -0.2) is 23.3 Å². The molecule has 1 aromatic rings. The number of benzene rings is 1. The summed E-state index contributed by atoms with van der Waals surface area (Å²) >= 11 is 0. The summed E-state index contributed by atoms with van der Waals surface area (Å²) in [5, 5.41) is 12.6. The van der Waals surface area contributed by atoms with Crippen LogP contribution in [0.3, 0.4) is 0 Å². The highest BCUT2D eigenvalue weighted by Gasteiger charge is 2.64. The van der Waals surface area contributed by atoms with Crippen LogP contribution < -0.4 is 4.74 Å². The lowest BCUT2D eigenvalue weighted by atomic mass is 10.0. The normalized spacial score (nSPS) is 30.8. The molecule has 2 atom stereocenters. The Balaban J connectivity index is 1.89. The number of hydrogen-bond donors (Lipinski definition) is 1. The lowest BCUT2D eigenvalue weighted by Crippen LogP contribution is -2.34. The molecule has 1 N–H and O–H groups in total. The maximum Gasteiger partial charge on any atom is 0.220 e. The van der Waals surface area contributed by atoms with Crippen LogP contribution in [0.5, 0.6) is 5.75 Å². The molecule has 2 unspecified atom stereocenters. The molecule has 1 aromatic carbocycles. The molecule has 4 nitrogen and oxygen atoms in total. The molecule has 1 aliphatic heterocycles. The van der Waals surface area contributed by atoms with Crippen LogP contribution in [0.2, 0.25) is 0 Å². The predicted octanol–water partition coefficient (Wildman–Crippen LogP) is 2.65. The van der Waals surface area contributed by atoms with Crippen LogP contribution in [0.1, 0.15) is 25.8 Å². The minimum absolute atomic E-state index is 0.0520. The monoisotopic (exact) mass is 247 g/mol. The van der Waals surface area contributed by atoms with Gasteiger partial charge in [0.1, 0.15) is 11.5 Å². The second-order valence-electron chi connectivity index (χ2n) is 5.36. The molecule has 0 saturated heterocycles. The zero-order chi connectivity index (χ0) is 12.8. The van der Waals surface area contributed by atoms with Gasteiger partial charge in [0.2, 0.25) is 5.79 Å². The van der Waals surface area contributed by atoms with E-state index in [1.807, 2.05) is 24.3 Å². The Morgan fingerprint density at radius 1 is 1.50 bits per heavy atom. The van der Waals surface area contributed by atoms with E-state index in [1.54, 1.807) is 0 Å². The van der Waals surface area contributed by atoms with Gasteiger partial charge in [-0.1, -0.05) is 31.1 Å². The summed E-state index contributed by atoms with van der Waals surface area (Å²) < 4.78 is 11.8. The molecule has 18 heavy (non-hydrogen) atoms. The molecule has 0 spiro atoms. The molecule has 1 saturated carbocycles. The van der Waals surface area contributed by atoms with Crippen molar-refractivity contribution in [1.82, 2.24) is 0 Å². The first kappa shape index (κ1) is 11.5. The van der Waals surface area contributed by atoms with Crippen molar-refractivity contribution >= 4 is 5.71 Å². The smallest absolute Gasteiger partial charge is 0.220 e. The first-order valence-corrected chi connectivity index (χ1v) is 6.30. The zero-order valence-corrected chi connectivity index (χ0v) is 10.6. The molecule has 3 rings (SSSR count). The summed E-state index contributed by atoms with van der Waals surface area (Å²) in [6.45, 7) is 4.86. The van der Waals surface area contributed by atoms with E-state index >= 15 is 0 Å². The fraction of sp³-hybridized carbons (Fsp3) is 0.500. The maximum atomic E-state index is 9.20. The maximum absolute atomic E-state index is 9.20. The molecule has 0 bridgehead atoms. The SMILES string of the molecule is CC(C)COC12CC1C(=NO)c1ccccc1O2. The van der Waals surface area contributed by atoms with Crippen molar-refractivity contribution in [1.29, 1.82) is 0 Å². The molecular formula is C14H17NO3. The van der Waals surface area contributed by atoms with E-state index in [0.717, 1.165) is 17.7 Å². The molecule has 0 amide bonds. The van der Waals surface area contributed by atoms with E-state index < -0.39 is 5.79 Å². The highest BCUT2D eigenvalue weighted by Crippen LogP contribution is 2.54. The van der Waals surface area contributed by atoms with Gasteiger partial charge in [-0.05, 0) is 18.1 Å². The highest BCUT2D eigenvalue weighted by molar-refractivity contribution is 6.07. The van der Waals surface area contributed by atoms with Gasteiger partial charge in [0, 0.05) is 12.0 Å². The van der Waals surface area contributed by atoms with Gasteiger partial charge < -0.3 is 14.7 Å². The lowest BCUT2D eigenvalue weighted by Gasteiger charge is -2.27. The molecule has 0 aromatic heterocycles. The van der Waals surface area contributed by atoms with Crippen LogP contribution in [0, 0.1) is 11.8 Å². The van der Waals surface area contributed by atoms with E-state index in [2.05, 4.69) is 19.0 Å². The fourth-order valence-corrected chi connectivity index (χ4v) is 2.40. The van der Waals surface area contributed by atoms with Gasteiger partial charge in [-0.25, -0.2) is 0 Å². The summed E-state index contributed by atoms with van der Waals surface area (Å²) in [7, 11) is 0. The molecule has 1 fully saturated rings. The van der Waals surface area contributed by atoms with E-state index in [1.165, 1.54) is 0 Å². The number of oxime groups is 1. The Morgan fingerprint density at radius 3 is 3.00 bits per heavy atom. The largest absolute Gasteiger partial charge is 0.461 e. The molecule has 2 aliphatic rings. The van der Waals surface area contributed by atoms with Gasteiger partial charge in [-0.2, -0.15) is 0 Å². The van der Waals surface area contributed by atoms with E-state index in [9.17, 15) is 5.21 Å². The van der Waals surface area contributed by atoms with Crippen LogP contribution in [-0.2, 0) is 4.74 Å². The third kappa shape index (κ3) is 1.68. The fourth-order valence-electron chi connectivity index (χ4n) is 2.40. The van der Waals surface area contributed by atoms with Crippen molar-refractivity contribution in [3.63, 3.8) is 0 Å². The third-order valence-corrected chi connectivity index (χ3v) is 3.40. The quantitative estimate of drug-likeness (QED) is 0.660. The van der Waals surface area contributed by atoms with Gasteiger partial charge in [0.15, 0.2) is 0 Å². The number of nitrogens with zero attached hydrogens (tertiary/aromatic N) is 1. The predicted molar refractivity (Wildman–Crippen MR) is 67.0 cm³/mol. The molecule has 96 valence electrons. The summed E-state index contributed by atoms with van der Waals surface area (Å²) in [5.74, 6) is 0.648. The number of hydrogen-bond acceptors (Lipinski definition) is 4. The number of rotatable bonds is 3. The summed E-state index contributed by atoms with van der Waals surface area (Å²) in [6.07, 6.45) is 0.758. The van der Waals surface area contributed by atoms with E-state index in [0.29, 0.717) is 18.2 Å². The van der Waals surface area contributed by atoms with E-state index in [4.69, 9.17) is 9.47 Å². The Morgan fingerprint density at radius 2 is 2.28 bits per heavy atom. The first-order valence-electron chi connectivity index (χ1n) is 6.30. The molecular weight excluding hydrogens is 230 g/mol. The molecule has 1 heterocycles. The Labute approximate surface area is 106 Å². The highest BCUT2D eigenvalue weighted by atomic mass is 16.7. The average molecular weight is 247 g/mol. The number of para-hydroxylation sites is 1. The topological polar surface area (TPSA) is 51.0 Å². The first-order chi connectivity index (χ1) is 8.66. The van der Waals surface area contributed by atoms with Crippen molar-refractivity contribution < 1.29 is 14.7 Å². The van der Waals surface area contributed by atoms with Crippen LogP contribution in [0.25, 0.3) is 0 Å². The third-order valence-electron chi connectivity index (χ3n) is 3.40. The lowest BCUT2D eigenvalue weighted by molar-refractivity contribution is -0.121. The van der Waals surface area contributed by atoms with Gasteiger partial charge >= 0.3 is 0 Å². The van der Waals surface area contributed by atoms with Crippen molar-refractivity contribution in [2.75, 3.05) is 6.61 Å². The summed E-state index contributed by atoms with van der Waals surface area (Å²) in [6, 6.07) is 7.62.